The molecule has 69 heavy (non-hydrogen) atoms. The van der Waals surface area contributed by atoms with Crippen molar-refractivity contribution in [2.75, 3.05) is 19.8 Å². The quantitative estimate of drug-likeness (QED) is 0.0885. The summed E-state index contributed by atoms with van der Waals surface area (Å²) in [4.78, 5) is 12.2. The van der Waals surface area contributed by atoms with E-state index in [9.17, 15) is 61.0 Å². The van der Waals surface area contributed by atoms with Crippen LogP contribution in [0.3, 0.4) is 0 Å². The first-order valence-corrected chi connectivity index (χ1v) is 25.3. The molecular weight excluding hydrogens is 909 g/mol. The van der Waals surface area contributed by atoms with Gasteiger partial charge in [0.25, 0.3) is 0 Å². The van der Waals surface area contributed by atoms with Crippen LogP contribution < -0.4 is 0 Å². The molecule has 26 atom stereocenters. The minimum atomic E-state index is -1.66. The lowest BCUT2D eigenvalue weighted by molar-refractivity contribution is -0.339. The van der Waals surface area contributed by atoms with E-state index in [1.165, 1.54) is 6.92 Å². The highest BCUT2D eigenvalue weighted by Crippen LogP contribution is 2.89. The Balaban J connectivity index is 1.01. The maximum atomic E-state index is 12.6. The van der Waals surface area contributed by atoms with E-state index in [2.05, 4.69) is 34.6 Å². The Morgan fingerprint density at radius 1 is 0.667 bits per heavy atom. The Labute approximate surface area is 403 Å². The van der Waals surface area contributed by atoms with Gasteiger partial charge in [0.2, 0.25) is 0 Å². The van der Waals surface area contributed by atoms with Gasteiger partial charge in [-0.25, -0.2) is 0 Å². The summed E-state index contributed by atoms with van der Waals surface area (Å²) in [6.07, 6.45) is -16.5. The summed E-state index contributed by atoms with van der Waals surface area (Å²) < 4.78 is 50.2. The van der Waals surface area contributed by atoms with Crippen molar-refractivity contribution in [3.63, 3.8) is 0 Å². The van der Waals surface area contributed by atoms with E-state index in [4.69, 9.17) is 37.9 Å². The minimum absolute atomic E-state index is 0.0128. The molecule has 396 valence electrons. The number of carbonyl (C=O) groups is 1. The molecule has 0 aromatic carbocycles. The summed E-state index contributed by atoms with van der Waals surface area (Å²) in [6, 6.07) is 0. The van der Waals surface area contributed by atoms with E-state index >= 15 is 0 Å². The third-order valence-corrected chi connectivity index (χ3v) is 20.2. The van der Waals surface area contributed by atoms with E-state index < -0.39 is 157 Å². The molecule has 0 aromatic heterocycles. The monoisotopic (exact) mass is 989 g/mol. The molecule has 26 unspecified atom stereocenters. The molecule has 20 nitrogen and oxygen atoms in total. The number of aliphatic hydroxyl groups is 11. The fraction of sp³-hybridized carbons (Fsp3) is 0.980. The molecule has 9 aliphatic rings. The average molecular weight is 989 g/mol. The van der Waals surface area contributed by atoms with E-state index in [1.54, 1.807) is 0 Å². The molecule has 9 rings (SSSR count). The number of esters is 1. The summed E-state index contributed by atoms with van der Waals surface area (Å²) in [5.41, 5.74) is -4.05. The Bertz CT molecular complexity index is 1890. The fourth-order valence-corrected chi connectivity index (χ4v) is 16.7. The van der Waals surface area contributed by atoms with E-state index in [1.807, 2.05) is 13.8 Å². The second kappa shape index (κ2) is 18.0. The summed E-state index contributed by atoms with van der Waals surface area (Å²) >= 11 is 0. The molecule has 20 heteroatoms. The molecule has 4 aliphatic heterocycles. The van der Waals surface area contributed by atoms with Crippen molar-refractivity contribution in [1.82, 2.24) is 0 Å². The van der Waals surface area contributed by atoms with Gasteiger partial charge >= 0.3 is 5.97 Å². The van der Waals surface area contributed by atoms with Crippen molar-refractivity contribution in [1.29, 1.82) is 0 Å². The van der Waals surface area contributed by atoms with Gasteiger partial charge in [-0.05, 0) is 117 Å². The lowest BCUT2D eigenvalue weighted by Gasteiger charge is -2.65. The first-order chi connectivity index (χ1) is 32.2. The Morgan fingerprint density at radius 3 is 1.91 bits per heavy atom. The van der Waals surface area contributed by atoms with E-state index in [0.29, 0.717) is 38.5 Å². The highest BCUT2D eigenvalue weighted by atomic mass is 16.7. The standard InChI is InChI=1S/C49H80O20/c1-21(52)63-37-30(55)23(54)19-62-42(37)67-28-10-12-49-20-48(49)14-13-45(6)38(47(8)11-9-29(68-47)44(4,5)69-41-36(61)34(59)32(57)26(18-51)66-41)22(53)16-46(45,7)27(48)15-24(39(49)43(28,2)3)64-40-35(60)33(58)31(56)25(17-50)65-40/h22-42,50-51,53-61H,9-20H2,1-8H3. The second-order valence-electron chi connectivity index (χ2n) is 24.4. The highest BCUT2D eigenvalue weighted by molar-refractivity contribution is 5.66. The van der Waals surface area contributed by atoms with Crippen LogP contribution >= 0.6 is 0 Å². The predicted molar refractivity (Wildman–Crippen MR) is 236 cm³/mol. The molecule has 4 heterocycles. The van der Waals surface area contributed by atoms with Crippen LogP contribution in [0, 0.1) is 44.8 Å². The second-order valence-corrected chi connectivity index (χ2v) is 24.4. The third-order valence-electron chi connectivity index (χ3n) is 20.2. The van der Waals surface area contributed by atoms with Gasteiger partial charge in [0, 0.05) is 12.8 Å². The maximum Gasteiger partial charge on any atom is 0.303 e. The highest BCUT2D eigenvalue weighted by Gasteiger charge is 2.85. The molecule has 4 saturated heterocycles. The topological polar surface area (TPSA) is 313 Å². The van der Waals surface area contributed by atoms with Gasteiger partial charge in [0.05, 0.1) is 55.4 Å². The van der Waals surface area contributed by atoms with Crippen LogP contribution in [0.15, 0.2) is 0 Å². The summed E-state index contributed by atoms with van der Waals surface area (Å²) in [6.45, 7) is 14.2. The molecule has 0 radical (unpaired) electrons. The van der Waals surface area contributed by atoms with Gasteiger partial charge < -0.3 is 94.1 Å². The summed E-state index contributed by atoms with van der Waals surface area (Å²) in [5, 5.41) is 119. The normalized spacial score (nSPS) is 55.8. The van der Waals surface area contributed by atoms with Crippen molar-refractivity contribution in [2.24, 2.45) is 44.8 Å². The number of rotatable bonds is 11. The average Bonchev–Trinajstić information content (AvgIpc) is 3.65. The van der Waals surface area contributed by atoms with Crippen molar-refractivity contribution in [3.05, 3.63) is 0 Å². The summed E-state index contributed by atoms with van der Waals surface area (Å²) in [5.74, 6) is -1.27. The van der Waals surface area contributed by atoms with Gasteiger partial charge in [-0.2, -0.15) is 0 Å². The molecule has 5 aliphatic carbocycles. The van der Waals surface area contributed by atoms with Gasteiger partial charge in [0.1, 0.15) is 61.0 Å². The molecule has 0 amide bonds. The number of ether oxygens (including phenoxy) is 8. The van der Waals surface area contributed by atoms with E-state index in [-0.39, 0.29) is 35.2 Å². The van der Waals surface area contributed by atoms with Crippen molar-refractivity contribution in [2.45, 2.75) is 235 Å². The van der Waals surface area contributed by atoms with Crippen LogP contribution in [0.4, 0.5) is 0 Å². The molecule has 5 saturated carbocycles. The predicted octanol–water partition coefficient (Wildman–Crippen LogP) is -0.881. The largest absolute Gasteiger partial charge is 0.454 e. The van der Waals surface area contributed by atoms with Crippen molar-refractivity contribution < 1.29 is 98.9 Å². The Morgan fingerprint density at radius 2 is 1.29 bits per heavy atom. The van der Waals surface area contributed by atoms with Crippen LogP contribution in [0.1, 0.15) is 113 Å². The lowest BCUT2D eigenvalue weighted by Crippen LogP contribution is -2.65. The first-order valence-electron chi connectivity index (χ1n) is 25.3. The van der Waals surface area contributed by atoms with Gasteiger partial charge in [-0.15, -0.1) is 0 Å². The maximum absolute atomic E-state index is 12.6. The van der Waals surface area contributed by atoms with Gasteiger partial charge in [-0.1, -0.05) is 27.7 Å². The lowest BCUT2D eigenvalue weighted by atomic mass is 9.41. The van der Waals surface area contributed by atoms with Crippen LogP contribution in [0.2, 0.25) is 0 Å². The SMILES string of the molecule is CC(=O)OC1C(OC2CCC34CC35CCC3(C)C(C6(C)CCC(C(C)(C)OC7OC(CO)C(O)C(O)C7O)O6)C(O)CC3(C)C5CC(OC3OC(CO)C(O)C(O)C3O)C4C2(C)C)OCC(O)C1O. The zero-order chi connectivity index (χ0) is 50.3. The molecule has 2 spiro atoms. The minimum Gasteiger partial charge on any atom is -0.454 e. The Kier molecular flexibility index (Phi) is 13.7. The molecule has 11 N–H and O–H groups in total. The number of hydrogen-bond acceptors (Lipinski definition) is 20. The number of fused-ring (bicyclic) bond motifs is 2. The first kappa shape index (κ1) is 52.6. The van der Waals surface area contributed by atoms with Gasteiger partial charge in [-0.3, -0.25) is 4.79 Å². The summed E-state index contributed by atoms with van der Waals surface area (Å²) in [7, 11) is 0. The number of aliphatic hydroxyl groups excluding tert-OH is 11. The molecule has 9 fully saturated rings. The molecule has 0 aromatic rings. The van der Waals surface area contributed by atoms with Crippen LogP contribution in [-0.2, 0) is 42.7 Å². The number of hydrogen-bond donors (Lipinski definition) is 11. The van der Waals surface area contributed by atoms with Crippen LogP contribution in [0.25, 0.3) is 0 Å². The molecular formula is C49H80O20. The zero-order valence-electron chi connectivity index (χ0n) is 41.2. The van der Waals surface area contributed by atoms with Crippen LogP contribution in [0.5, 0.6) is 0 Å². The van der Waals surface area contributed by atoms with E-state index in [0.717, 1.165) is 19.3 Å². The molecule has 0 bridgehead atoms. The Hall–Kier alpha value is -1.25. The third kappa shape index (κ3) is 7.94. The zero-order valence-corrected chi connectivity index (χ0v) is 41.2. The van der Waals surface area contributed by atoms with Crippen LogP contribution in [-0.4, -0.2) is 204 Å². The number of carbonyl (C=O) groups excluding carboxylic acids is 1. The van der Waals surface area contributed by atoms with Gasteiger partial charge in [0.15, 0.2) is 25.0 Å². The smallest absolute Gasteiger partial charge is 0.303 e. The van der Waals surface area contributed by atoms with Crippen molar-refractivity contribution >= 4 is 5.97 Å². The van der Waals surface area contributed by atoms with Crippen molar-refractivity contribution in [3.8, 4) is 0 Å². The fourth-order valence-electron chi connectivity index (χ4n) is 16.7.